The standard InChI is InChI=1S/C26H31ClN8O3S/c1-26(36)10-21(11-26)29-13-17-3-4-23(22(27)9-17)35-16-19(15-31-35)24-18(12-28)14-30-25(33-24)32-20-5-7-34(8-6-20)39(2,37)38/h3-4,9,14-16,20-21,29,36H,5-8,10-11,13H2,1-2H3,(H,30,32,33)/t21-,26-. The van der Waals surface area contributed by atoms with E-state index in [4.69, 9.17) is 11.6 Å². The number of nitriles is 1. The zero-order valence-corrected chi connectivity index (χ0v) is 23.4. The number of aliphatic hydroxyl groups is 1. The lowest BCUT2D eigenvalue weighted by atomic mass is 9.77. The summed E-state index contributed by atoms with van der Waals surface area (Å²) in [6.07, 6.45) is 8.84. The molecule has 2 aliphatic rings. The van der Waals surface area contributed by atoms with Crippen molar-refractivity contribution in [1.29, 1.82) is 5.26 Å². The highest BCUT2D eigenvalue weighted by Gasteiger charge is 2.37. The van der Waals surface area contributed by atoms with Crippen LogP contribution in [0.4, 0.5) is 5.95 Å². The van der Waals surface area contributed by atoms with Crippen molar-refractivity contribution in [3.8, 4) is 23.0 Å². The molecule has 3 heterocycles. The minimum absolute atomic E-state index is 0.0239. The third-order valence-electron chi connectivity index (χ3n) is 7.25. The molecule has 1 saturated carbocycles. The second kappa shape index (κ2) is 10.8. The van der Waals surface area contributed by atoms with Crippen molar-refractivity contribution >= 4 is 27.6 Å². The summed E-state index contributed by atoms with van der Waals surface area (Å²) in [6.45, 7) is 3.37. The van der Waals surface area contributed by atoms with Crippen molar-refractivity contribution in [1.82, 2.24) is 29.4 Å². The smallest absolute Gasteiger partial charge is 0.223 e. The van der Waals surface area contributed by atoms with Gasteiger partial charge in [0.15, 0.2) is 0 Å². The summed E-state index contributed by atoms with van der Waals surface area (Å²) in [6, 6.07) is 8.24. The number of hydrogen-bond donors (Lipinski definition) is 3. The number of sulfonamides is 1. The topological polar surface area (TPSA) is 149 Å². The van der Waals surface area contributed by atoms with E-state index < -0.39 is 15.6 Å². The molecule has 3 aromatic rings. The lowest BCUT2D eigenvalue weighted by molar-refractivity contribution is -0.0393. The third-order valence-corrected chi connectivity index (χ3v) is 8.85. The van der Waals surface area contributed by atoms with Crippen LogP contribution in [0.1, 0.15) is 43.7 Å². The molecule has 5 rings (SSSR count). The summed E-state index contributed by atoms with van der Waals surface area (Å²) in [7, 11) is -3.20. The highest BCUT2D eigenvalue weighted by Crippen LogP contribution is 2.32. The fraction of sp³-hybridized carbons (Fsp3) is 0.462. The number of hydrogen-bond acceptors (Lipinski definition) is 9. The Kier molecular flexibility index (Phi) is 7.63. The average molecular weight is 571 g/mol. The van der Waals surface area contributed by atoms with Crippen LogP contribution in [0.3, 0.4) is 0 Å². The molecular weight excluding hydrogens is 540 g/mol. The first-order valence-electron chi connectivity index (χ1n) is 12.8. The second-order valence-corrected chi connectivity index (χ2v) is 13.0. The highest BCUT2D eigenvalue weighted by molar-refractivity contribution is 7.88. The monoisotopic (exact) mass is 570 g/mol. The van der Waals surface area contributed by atoms with Crippen LogP contribution in [-0.4, -0.2) is 74.6 Å². The molecular formula is C26H31ClN8O3S. The molecule has 1 aliphatic heterocycles. The Morgan fingerprint density at radius 3 is 2.62 bits per heavy atom. The number of piperidine rings is 1. The van der Waals surface area contributed by atoms with Crippen LogP contribution >= 0.6 is 11.6 Å². The summed E-state index contributed by atoms with van der Waals surface area (Å²) in [4.78, 5) is 8.88. The second-order valence-electron chi connectivity index (χ2n) is 10.6. The van der Waals surface area contributed by atoms with Gasteiger partial charge in [-0.1, -0.05) is 17.7 Å². The van der Waals surface area contributed by atoms with Crippen LogP contribution in [0.25, 0.3) is 16.9 Å². The first-order valence-corrected chi connectivity index (χ1v) is 15.0. The molecule has 0 bridgehead atoms. The Bertz CT molecular complexity index is 1500. The van der Waals surface area contributed by atoms with Gasteiger partial charge in [-0.15, -0.1) is 0 Å². The van der Waals surface area contributed by atoms with E-state index >= 15 is 0 Å². The molecule has 2 aromatic heterocycles. The maximum absolute atomic E-state index is 11.8. The zero-order chi connectivity index (χ0) is 27.8. The van der Waals surface area contributed by atoms with Gasteiger partial charge in [-0.25, -0.2) is 27.4 Å². The number of aromatic nitrogens is 4. The van der Waals surface area contributed by atoms with Crippen LogP contribution in [-0.2, 0) is 16.6 Å². The van der Waals surface area contributed by atoms with Gasteiger partial charge in [0, 0.05) is 43.5 Å². The van der Waals surface area contributed by atoms with Crippen LogP contribution in [0.2, 0.25) is 5.02 Å². The molecule has 0 unspecified atom stereocenters. The van der Waals surface area contributed by atoms with Crippen molar-refractivity contribution in [2.45, 2.75) is 56.8 Å². The fourth-order valence-electron chi connectivity index (χ4n) is 5.10. The Morgan fingerprint density at radius 1 is 1.23 bits per heavy atom. The summed E-state index contributed by atoms with van der Waals surface area (Å²) >= 11 is 6.60. The molecule has 3 N–H and O–H groups in total. The molecule has 1 saturated heterocycles. The molecule has 0 radical (unpaired) electrons. The van der Waals surface area contributed by atoms with E-state index in [-0.39, 0.29) is 6.04 Å². The number of rotatable bonds is 8. The van der Waals surface area contributed by atoms with Gasteiger partial charge in [0.2, 0.25) is 16.0 Å². The number of anilines is 1. The molecule has 1 aromatic carbocycles. The zero-order valence-electron chi connectivity index (χ0n) is 21.8. The van der Waals surface area contributed by atoms with Crippen LogP contribution < -0.4 is 10.6 Å². The van der Waals surface area contributed by atoms with Crippen molar-refractivity contribution in [3.05, 3.63) is 52.9 Å². The largest absolute Gasteiger partial charge is 0.390 e. The summed E-state index contributed by atoms with van der Waals surface area (Å²) in [5, 5.41) is 31.3. The van der Waals surface area contributed by atoms with Gasteiger partial charge in [0.25, 0.3) is 0 Å². The lowest BCUT2D eigenvalue weighted by Crippen LogP contribution is -2.51. The molecule has 2 fully saturated rings. The Hall–Kier alpha value is -3.08. The maximum Gasteiger partial charge on any atom is 0.223 e. The van der Waals surface area contributed by atoms with Crippen molar-refractivity contribution in [2.24, 2.45) is 0 Å². The lowest BCUT2D eigenvalue weighted by Gasteiger charge is -2.41. The minimum atomic E-state index is -3.20. The van der Waals surface area contributed by atoms with E-state index in [1.807, 2.05) is 25.1 Å². The molecule has 0 atom stereocenters. The van der Waals surface area contributed by atoms with E-state index in [2.05, 4.69) is 31.8 Å². The molecule has 13 heteroatoms. The highest BCUT2D eigenvalue weighted by atomic mass is 35.5. The number of nitrogens with one attached hydrogen (secondary N) is 2. The molecule has 0 spiro atoms. The molecule has 1 aliphatic carbocycles. The van der Waals surface area contributed by atoms with Crippen molar-refractivity contribution in [3.63, 3.8) is 0 Å². The fourth-order valence-corrected chi connectivity index (χ4v) is 6.26. The van der Waals surface area contributed by atoms with E-state index in [0.29, 0.717) is 72.0 Å². The van der Waals surface area contributed by atoms with Crippen LogP contribution in [0.15, 0.2) is 36.8 Å². The number of benzene rings is 1. The molecule has 206 valence electrons. The van der Waals surface area contributed by atoms with Gasteiger partial charge in [-0.2, -0.15) is 10.4 Å². The van der Waals surface area contributed by atoms with Gasteiger partial charge in [0.05, 0.1) is 46.2 Å². The van der Waals surface area contributed by atoms with E-state index in [1.54, 1.807) is 17.1 Å². The maximum atomic E-state index is 11.8. The summed E-state index contributed by atoms with van der Waals surface area (Å²) < 4.78 is 26.7. The van der Waals surface area contributed by atoms with E-state index in [0.717, 1.165) is 18.4 Å². The third kappa shape index (κ3) is 6.40. The Morgan fingerprint density at radius 2 is 1.97 bits per heavy atom. The minimum Gasteiger partial charge on any atom is -0.390 e. The van der Waals surface area contributed by atoms with Gasteiger partial charge in [0.1, 0.15) is 6.07 Å². The average Bonchev–Trinajstić information content (AvgIpc) is 3.36. The summed E-state index contributed by atoms with van der Waals surface area (Å²) in [5.74, 6) is 0.373. The van der Waals surface area contributed by atoms with E-state index in [9.17, 15) is 18.8 Å². The van der Waals surface area contributed by atoms with Crippen LogP contribution in [0, 0.1) is 11.3 Å². The SMILES string of the molecule is CS(=O)(=O)N1CCC(Nc2ncc(C#N)c(-c3cnn(-c4ccc(CN[C@H]5C[C@](C)(O)C5)cc4Cl)c3)n2)CC1. The first kappa shape index (κ1) is 27.5. The Balaban J connectivity index is 1.28. The van der Waals surface area contributed by atoms with Gasteiger partial charge >= 0.3 is 0 Å². The quantitative estimate of drug-likeness (QED) is 0.371. The Labute approximate surface area is 232 Å². The normalized spacial score (nSPS) is 22.3. The van der Waals surface area contributed by atoms with Crippen molar-refractivity contribution in [2.75, 3.05) is 24.7 Å². The van der Waals surface area contributed by atoms with Crippen molar-refractivity contribution < 1.29 is 13.5 Å². The number of nitrogens with zero attached hydrogens (tertiary/aromatic N) is 6. The van der Waals surface area contributed by atoms with Crippen LogP contribution in [0.5, 0.6) is 0 Å². The summed E-state index contributed by atoms with van der Waals surface area (Å²) in [5.41, 5.74) is 2.56. The first-order chi connectivity index (χ1) is 18.5. The molecule has 0 amide bonds. The van der Waals surface area contributed by atoms with Gasteiger partial charge in [-0.05, 0) is 50.3 Å². The van der Waals surface area contributed by atoms with Gasteiger partial charge in [-0.3, -0.25) is 0 Å². The molecule has 11 nitrogen and oxygen atoms in total. The molecule has 39 heavy (non-hydrogen) atoms. The predicted molar refractivity (Wildman–Crippen MR) is 148 cm³/mol. The number of halogens is 1. The predicted octanol–water partition coefficient (Wildman–Crippen LogP) is 2.69. The van der Waals surface area contributed by atoms with E-state index in [1.165, 1.54) is 16.8 Å². The van der Waals surface area contributed by atoms with Gasteiger partial charge < -0.3 is 15.7 Å².